The van der Waals surface area contributed by atoms with Gasteiger partial charge in [0, 0.05) is 13.1 Å². The summed E-state index contributed by atoms with van der Waals surface area (Å²) in [5.41, 5.74) is 0. The summed E-state index contributed by atoms with van der Waals surface area (Å²) in [5, 5.41) is 0. The van der Waals surface area contributed by atoms with E-state index < -0.39 is 6.16 Å². The van der Waals surface area contributed by atoms with E-state index in [9.17, 15) is 4.79 Å². The SMILES string of the molecule is C=CC(COC(=O)OCC)N1CC1. The molecule has 0 bridgehead atoms. The third kappa shape index (κ3) is 3.46. The van der Waals surface area contributed by atoms with Crippen LogP contribution in [0.4, 0.5) is 4.79 Å². The van der Waals surface area contributed by atoms with E-state index >= 15 is 0 Å². The summed E-state index contributed by atoms with van der Waals surface area (Å²) in [6, 6.07) is 0.143. The lowest BCUT2D eigenvalue weighted by molar-refractivity contribution is 0.0514. The molecule has 1 unspecified atom stereocenters. The third-order valence-corrected chi connectivity index (χ3v) is 1.86. The molecule has 4 nitrogen and oxygen atoms in total. The second-order valence-corrected chi connectivity index (χ2v) is 2.83. The normalized spacial score (nSPS) is 17.6. The lowest BCUT2D eigenvalue weighted by Crippen LogP contribution is -2.24. The van der Waals surface area contributed by atoms with Gasteiger partial charge in [-0.25, -0.2) is 4.79 Å². The summed E-state index contributed by atoms with van der Waals surface area (Å²) in [5.74, 6) is 0. The van der Waals surface area contributed by atoms with E-state index in [0.29, 0.717) is 13.2 Å². The van der Waals surface area contributed by atoms with Crippen molar-refractivity contribution < 1.29 is 14.3 Å². The van der Waals surface area contributed by atoms with E-state index in [1.165, 1.54) is 0 Å². The van der Waals surface area contributed by atoms with Crippen molar-refractivity contribution in [3.63, 3.8) is 0 Å². The molecule has 0 saturated carbocycles. The molecular formula is C9H15NO3. The summed E-state index contributed by atoms with van der Waals surface area (Å²) in [6.45, 7) is 8.22. The van der Waals surface area contributed by atoms with Crippen molar-refractivity contribution in [3.8, 4) is 0 Å². The third-order valence-electron chi connectivity index (χ3n) is 1.86. The second-order valence-electron chi connectivity index (χ2n) is 2.83. The zero-order valence-electron chi connectivity index (χ0n) is 7.86. The van der Waals surface area contributed by atoms with Crippen molar-refractivity contribution in [3.05, 3.63) is 12.7 Å². The van der Waals surface area contributed by atoms with Crippen molar-refractivity contribution in [2.24, 2.45) is 0 Å². The lowest BCUT2D eigenvalue weighted by Gasteiger charge is -2.12. The van der Waals surface area contributed by atoms with Gasteiger partial charge < -0.3 is 9.47 Å². The van der Waals surface area contributed by atoms with Gasteiger partial charge in [-0.1, -0.05) is 6.08 Å². The molecular weight excluding hydrogens is 170 g/mol. The average Bonchev–Trinajstić information content (AvgIpc) is 2.90. The Bertz CT molecular complexity index is 189. The van der Waals surface area contributed by atoms with E-state index in [1.807, 2.05) is 0 Å². The van der Waals surface area contributed by atoms with E-state index in [4.69, 9.17) is 4.74 Å². The summed E-state index contributed by atoms with van der Waals surface area (Å²) < 4.78 is 9.49. The van der Waals surface area contributed by atoms with Crippen molar-refractivity contribution >= 4 is 6.16 Å². The van der Waals surface area contributed by atoms with Crippen LogP contribution in [0.1, 0.15) is 6.92 Å². The number of carbonyl (C=O) groups is 1. The molecule has 0 aromatic carbocycles. The number of carbonyl (C=O) groups excluding carboxylic acids is 1. The zero-order chi connectivity index (χ0) is 9.68. The maximum Gasteiger partial charge on any atom is 0.508 e. The minimum atomic E-state index is -0.601. The summed E-state index contributed by atoms with van der Waals surface area (Å²) in [7, 11) is 0. The quantitative estimate of drug-likeness (QED) is 0.364. The molecule has 1 rings (SSSR count). The first-order valence-electron chi connectivity index (χ1n) is 4.44. The zero-order valence-corrected chi connectivity index (χ0v) is 7.86. The Kier molecular flexibility index (Phi) is 3.76. The van der Waals surface area contributed by atoms with Crippen LogP contribution in [0.5, 0.6) is 0 Å². The van der Waals surface area contributed by atoms with Crippen LogP contribution in [0.15, 0.2) is 12.7 Å². The van der Waals surface area contributed by atoms with E-state index in [2.05, 4.69) is 16.2 Å². The number of ether oxygens (including phenoxy) is 2. The van der Waals surface area contributed by atoms with Crippen LogP contribution in [0, 0.1) is 0 Å². The molecule has 0 N–H and O–H groups in total. The highest BCUT2D eigenvalue weighted by Gasteiger charge is 2.26. The molecule has 1 heterocycles. The molecule has 0 aromatic heterocycles. The molecule has 0 amide bonds. The standard InChI is InChI=1S/C9H15NO3/c1-3-8(10-5-6-10)7-13-9(11)12-4-2/h3,8H,1,4-7H2,2H3. The van der Waals surface area contributed by atoms with Crippen molar-refractivity contribution in [1.29, 1.82) is 0 Å². The van der Waals surface area contributed by atoms with Crippen molar-refractivity contribution in [2.45, 2.75) is 13.0 Å². The molecule has 0 aromatic rings. The minimum Gasteiger partial charge on any atom is -0.435 e. The Morgan fingerprint density at radius 2 is 2.31 bits per heavy atom. The maximum absolute atomic E-state index is 10.8. The van der Waals surface area contributed by atoms with E-state index in [1.54, 1.807) is 13.0 Å². The van der Waals surface area contributed by atoms with Crippen molar-refractivity contribution in [1.82, 2.24) is 4.90 Å². The van der Waals surface area contributed by atoms with E-state index in [0.717, 1.165) is 13.1 Å². The number of hydrogen-bond acceptors (Lipinski definition) is 4. The lowest BCUT2D eigenvalue weighted by atomic mass is 10.3. The number of rotatable bonds is 5. The van der Waals surface area contributed by atoms with Gasteiger partial charge in [-0.05, 0) is 6.92 Å². The van der Waals surface area contributed by atoms with Gasteiger partial charge in [0.25, 0.3) is 0 Å². The van der Waals surface area contributed by atoms with Crippen LogP contribution in [-0.2, 0) is 9.47 Å². The Balaban J connectivity index is 2.15. The Morgan fingerprint density at radius 1 is 1.62 bits per heavy atom. The first kappa shape index (κ1) is 10.1. The predicted molar refractivity (Wildman–Crippen MR) is 48.5 cm³/mol. The number of hydrogen-bond donors (Lipinski definition) is 0. The van der Waals surface area contributed by atoms with Crippen LogP contribution in [0.25, 0.3) is 0 Å². The first-order chi connectivity index (χ1) is 6.27. The van der Waals surface area contributed by atoms with Crippen LogP contribution < -0.4 is 0 Å². The second kappa shape index (κ2) is 4.87. The van der Waals surface area contributed by atoms with Gasteiger partial charge in [-0.3, -0.25) is 4.90 Å². The fraction of sp³-hybridized carbons (Fsp3) is 0.667. The Hall–Kier alpha value is -1.03. The Morgan fingerprint density at radius 3 is 2.77 bits per heavy atom. The summed E-state index contributed by atoms with van der Waals surface area (Å²) >= 11 is 0. The van der Waals surface area contributed by atoms with Gasteiger partial charge in [-0.15, -0.1) is 6.58 Å². The maximum atomic E-state index is 10.8. The molecule has 1 aliphatic heterocycles. The molecule has 1 fully saturated rings. The number of nitrogens with zero attached hydrogens (tertiary/aromatic N) is 1. The molecule has 13 heavy (non-hydrogen) atoms. The minimum absolute atomic E-state index is 0.143. The summed E-state index contributed by atoms with van der Waals surface area (Å²) in [4.78, 5) is 13.0. The topological polar surface area (TPSA) is 38.5 Å². The summed E-state index contributed by atoms with van der Waals surface area (Å²) in [6.07, 6.45) is 1.18. The van der Waals surface area contributed by atoms with Crippen molar-refractivity contribution in [2.75, 3.05) is 26.3 Å². The molecule has 4 heteroatoms. The van der Waals surface area contributed by atoms with Crippen LogP contribution in [-0.4, -0.2) is 43.4 Å². The molecule has 0 spiro atoms. The van der Waals surface area contributed by atoms with E-state index in [-0.39, 0.29) is 6.04 Å². The molecule has 1 atom stereocenters. The van der Waals surface area contributed by atoms with Gasteiger partial charge in [0.1, 0.15) is 6.61 Å². The highest BCUT2D eigenvalue weighted by atomic mass is 16.7. The van der Waals surface area contributed by atoms with Gasteiger partial charge in [0.2, 0.25) is 0 Å². The molecule has 74 valence electrons. The molecule has 1 aliphatic rings. The molecule has 0 aliphatic carbocycles. The monoisotopic (exact) mass is 185 g/mol. The van der Waals surface area contributed by atoms with Gasteiger partial charge in [0.05, 0.1) is 12.6 Å². The fourth-order valence-corrected chi connectivity index (χ4v) is 1.02. The van der Waals surface area contributed by atoms with Gasteiger partial charge in [0.15, 0.2) is 0 Å². The van der Waals surface area contributed by atoms with Crippen LogP contribution >= 0.6 is 0 Å². The van der Waals surface area contributed by atoms with Gasteiger partial charge >= 0.3 is 6.16 Å². The highest BCUT2D eigenvalue weighted by Crippen LogP contribution is 2.11. The predicted octanol–water partition coefficient (Wildman–Crippen LogP) is 1.03. The Labute approximate surface area is 78.1 Å². The molecule has 1 saturated heterocycles. The largest absolute Gasteiger partial charge is 0.508 e. The fourth-order valence-electron chi connectivity index (χ4n) is 1.02. The smallest absolute Gasteiger partial charge is 0.435 e. The average molecular weight is 185 g/mol. The highest BCUT2D eigenvalue weighted by molar-refractivity contribution is 5.59. The first-order valence-corrected chi connectivity index (χ1v) is 4.44. The van der Waals surface area contributed by atoms with Crippen LogP contribution in [0.3, 0.4) is 0 Å². The van der Waals surface area contributed by atoms with Crippen LogP contribution in [0.2, 0.25) is 0 Å². The van der Waals surface area contributed by atoms with Gasteiger partial charge in [-0.2, -0.15) is 0 Å². The molecule has 0 radical (unpaired) electrons.